The predicted molar refractivity (Wildman–Crippen MR) is 95.4 cm³/mol. The van der Waals surface area contributed by atoms with Crippen molar-refractivity contribution in [3.05, 3.63) is 58.8 Å². The molecule has 0 aliphatic carbocycles. The molecule has 6 nitrogen and oxygen atoms in total. The zero-order chi connectivity index (χ0) is 16.2. The van der Waals surface area contributed by atoms with E-state index in [2.05, 4.69) is 15.6 Å². The molecule has 2 heterocycles. The summed E-state index contributed by atoms with van der Waals surface area (Å²) in [5.41, 5.74) is 1.41. The van der Waals surface area contributed by atoms with Crippen LogP contribution in [0.25, 0.3) is 0 Å². The number of aromatic nitrogens is 2. The topological polar surface area (TPSA) is 76.0 Å². The first kappa shape index (κ1) is 18.2. The second-order valence-electron chi connectivity index (χ2n) is 5.93. The van der Waals surface area contributed by atoms with E-state index in [-0.39, 0.29) is 29.9 Å². The number of carbonyl (C=O) groups is 1. The molecule has 1 aromatic heterocycles. The largest absolute Gasteiger partial charge is 0.347 e. The van der Waals surface area contributed by atoms with E-state index >= 15 is 0 Å². The molecule has 2 aromatic rings. The van der Waals surface area contributed by atoms with Gasteiger partial charge in [0.1, 0.15) is 0 Å². The first-order valence-electron chi connectivity index (χ1n) is 7.75. The fourth-order valence-corrected chi connectivity index (χ4v) is 2.59. The van der Waals surface area contributed by atoms with Crippen molar-refractivity contribution in [3.63, 3.8) is 0 Å². The summed E-state index contributed by atoms with van der Waals surface area (Å²) in [4.78, 5) is 27.7. The summed E-state index contributed by atoms with van der Waals surface area (Å²) in [6.07, 6.45) is 3.18. The summed E-state index contributed by atoms with van der Waals surface area (Å²) < 4.78 is 1.53. The number of carbonyl (C=O) groups excluding carboxylic acids is 1. The minimum atomic E-state index is -0.284. The van der Waals surface area contributed by atoms with Crippen LogP contribution in [0.4, 0.5) is 5.69 Å². The van der Waals surface area contributed by atoms with Gasteiger partial charge < -0.3 is 10.6 Å². The maximum absolute atomic E-state index is 12.3. The van der Waals surface area contributed by atoms with Gasteiger partial charge >= 0.3 is 5.69 Å². The normalized spacial score (nSPS) is 15.0. The van der Waals surface area contributed by atoms with E-state index in [1.807, 2.05) is 31.2 Å². The van der Waals surface area contributed by atoms with Crippen molar-refractivity contribution in [2.24, 2.45) is 11.8 Å². The van der Waals surface area contributed by atoms with Crippen molar-refractivity contribution in [2.75, 3.05) is 18.4 Å². The lowest BCUT2D eigenvalue weighted by molar-refractivity contribution is -0.121. The molecule has 128 valence electrons. The Hall–Kier alpha value is -2.18. The molecule has 0 spiro atoms. The average molecular weight is 349 g/mol. The molecule has 1 aliphatic heterocycles. The van der Waals surface area contributed by atoms with E-state index in [0.29, 0.717) is 12.5 Å². The average Bonchev–Trinajstić information content (AvgIpc) is 2.48. The number of halogens is 1. The fraction of sp³-hybridized carbons (Fsp3) is 0.353. The second-order valence-corrected chi connectivity index (χ2v) is 5.93. The van der Waals surface area contributed by atoms with Gasteiger partial charge in [0.05, 0.1) is 6.54 Å². The number of hydrogen-bond acceptors (Lipinski definition) is 4. The van der Waals surface area contributed by atoms with Crippen LogP contribution in [0.2, 0.25) is 0 Å². The number of hydrogen-bond donors (Lipinski definition) is 2. The fourth-order valence-electron chi connectivity index (χ4n) is 2.59. The summed E-state index contributed by atoms with van der Waals surface area (Å²) >= 11 is 0. The lowest BCUT2D eigenvalue weighted by Gasteiger charge is -2.31. The van der Waals surface area contributed by atoms with E-state index in [1.54, 1.807) is 12.3 Å². The third-order valence-corrected chi connectivity index (χ3v) is 4.26. The molecule has 1 unspecified atom stereocenters. The Bertz CT molecular complexity index is 758. The van der Waals surface area contributed by atoms with Gasteiger partial charge in [0.15, 0.2) is 0 Å². The van der Waals surface area contributed by atoms with Crippen LogP contribution in [0.3, 0.4) is 0 Å². The Labute approximate surface area is 146 Å². The Balaban J connectivity index is 0.00000208. The SMILES string of the molecule is CC(C(=O)Nc1cccc(Cn2cccnc2=O)c1)C1CNC1.Cl. The quantitative estimate of drug-likeness (QED) is 0.858. The first-order chi connectivity index (χ1) is 11.1. The maximum Gasteiger partial charge on any atom is 0.347 e. The molecule has 1 aliphatic rings. The van der Waals surface area contributed by atoms with E-state index in [0.717, 1.165) is 24.3 Å². The molecular formula is C17H21ClN4O2. The molecule has 1 atom stereocenters. The zero-order valence-electron chi connectivity index (χ0n) is 13.4. The first-order valence-corrected chi connectivity index (χ1v) is 7.75. The van der Waals surface area contributed by atoms with Crippen molar-refractivity contribution in [3.8, 4) is 0 Å². The number of rotatable bonds is 5. The lowest BCUT2D eigenvalue weighted by atomic mass is 9.88. The van der Waals surface area contributed by atoms with Crippen molar-refractivity contribution >= 4 is 24.0 Å². The molecule has 0 saturated carbocycles. The number of nitrogens with zero attached hydrogens (tertiary/aromatic N) is 2. The highest BCUT2D eigenvalue weighted by atomic mass is 35.5. The molecule has 0 bridgehead atoms. The summed E-state index contributed by atoms with van der Waals surface area (Å²) in [5, 5.41) is 6.15. The smallest absolute Gasteiger partial charge is 0.326 e. The minimum absolute atomic E-state index is 0. The molecule has 1 fully saturated rings. The van der Waals surface area contributed by atoms with Gasteiger partial charge in [-0.05, 0) is 42.8 Å². The Morgan fingerprint density at radius 3 is 2.88 bits per heavy atom. The third-order valence-electron chi connectivity index (χ3n) is 4.26. The molecule has 24 heavy (non-hydrogen) atoms. The molecular weight excluding hydrogens is 328 g/mol. The molecule has 3 rings (SSSR count). The van der Waals surface area contributed by atoms with Gasteiger partial charge in [0.2, 0.25) is 5.91 Å². The Morgan fingerprint density at radius 1 is 1.42 bits per heavy atom. The van der Waals surface area contributed by atoms with E-state index in [1.165, 1.54) is 10.8 Å². The molecule has 1 amide bonds. The van der Waals surface area contributed by atoms with Crippen LogP contribution in [0.5, 0.6) is 0 Å². The van der Waals surface area contributed by atoms with Gasteiger partial charge in [-0.15, -0.1) is 12.4 Å². The monoisotopic (exact) mass is 348 g/mol. The van der Waals surface area contributed by atoms with Crippen molar-refractivity contribution < 1.29 is 4.79 Å². The zero-order valence-corrected chi connectivity index (χ0v) is 14.3. The standard InChI is InChI=1S/C17H20N4O2.ClH/c1-12(14-9-18-10-14)16(22)20-15-5-2-4-13(8-15)11-21-7-3-6-19-17(21)23;/h2-8,12,14,18H,9-11H2,1H3,(H,20,22);1H. The van der Waals surface area contributed by atoms with Crippen LogP contribution >= 0.6 is 12.4 Å². The molecule has 1 aromatic carbocycles. The van der Waals surface area contributed by atoms with E-state index in [9.17, 15) is 9.59 Å². The van der Waals surface area contributed by atoms with Crippen LogP contribution in [0, 0.1) is 11.8 Å². The van der Waals surface area contributed by atoms with Gasteiger partial charge in [-0.1, -0.05) is 19.1 Å². The highest BCUT2D eigenvalue weighted by Crippen LogP contribution is 2.19. The van der Waals surface area contributed by atoms with Crippen molar-refractivity contribution in [1.82, 2.24) is 14.9 Å². The van der Waals surface area contributed by atoms with Crippen molar-refractivity contribution in [1.29, 1.82) is 0 Å². The van der Waals surface area contributed by atoms with Gasteiger partial charge in [-0.2, -0.15) is 0 Å². The molecule has 7 heteroatoms. The van der Waals surface area contributed by atoms with Crippen LogP contribution in [-0.4, -0.2) is 28.5 Å². The predicted octanol–water partition coefficient (Wildman–Crippen LogP) is 1.51. The van der Waals surface area contributed by atoms with Crippen LogP contribution in [0.1, 0.15) is 12.5 Å². The summed E-state index contributed by atoms with van der Waals surface area (Å²) in [7, 11) is 0. The highest BCUT2D eigenvalue weighted by molar-refractivity contribution is 5.92. The highest BCUT2D eigenvalue weighted by Gasteiger charge is 2.28. The third kappa shape index (κ3) is 4.21. The molecule has 1 saturated heterocycles. The summed E-state index contributed by atoms with van der Waals surface area (Å²) in [6.45, 7) is 4.19. The Morgan fingerprint density at radius 2 is 2.21 bits per heavy atom. The van der Waals surface area contributed by atoms with E-state index in [4.69, 9.17) is 0 Å². The number of amides is 1. The van der Waals surface area contributed by atoms with Crippen molar-refractivity contribution in [2.45, 2.75) is 13.5 Å². The number of benzene rings is 1. The Kier molecular flexibility index (Phi) is 6.11. The molecule has 2 N–H and O–H groups in total. The second kappa shape index (κ2) is 8.08. The van der Waals surface area contributed by atoms with Gasteiger partial charge in [0.25, 0.3) is 0 Å². The van der Waals surface area contributed by atoms with Crippen LogP contribution < -0.4 is 16.3 Å². The minimum Gasteiger partial charge on any atom is -0.326 e. The van der Waals surface area contributed by atoms with E-state index < -0.39 is 0 Å². The van der Waals surface area contributed by atoms with Gasteiger partial charge in [0, 0.05) is 24.0 Å². The number of nitrogens with one attached hydrogen (secondary N) is 2. The molecule has 0 radical (unpaired) electrons. The van der Waals surface area contributed by atoms with Gasteiger partial charge in [-0.25, -0.2) is 9.78 Å². The van der Waals surface area contributed by atoms with Crippen LogP contribution in [-0.2, 0) is 11.3 Å². The van der Waals surface area contributed by atoms with Crippen LogP contribution in [0.15, 0.2) is 47.5 Å². The summed E-state index contributed by atoms with van der Waals surface area (Å²) in [5.74, 6) is 0.431. The number of anilines is 1. The summed E-state index contributed by atoms with van der Waals surface area (Å²) in [6, 6.07) is 9.28. The maximum atomic E-state index is 12.3. The van der Waals surface area contributed by atoms with Gasteiger partial charge in [-0.3, -0.25) is 9.36 Å². The lowest BCUT2D eigenvalue weighted by Crippen LogP contribution is -2.48.